The lowest BCUT2D eigenvalue weighted by molar-refractivity contribution is -0.145. The molecule has 2 rings (SSSR count). The van der Waals surface area contributed by atoms with Crippen LogP contribution >= 0.6 is 0 Å². The van der Waals surface area contributed by atoms with Gasteiger partial charge in [0.2, 0.25) is 0 Å². The van der Waals surface area contributed by atoms with E-state index in [0.717, 1.165) is 0 Å². The molecule has 2 fully saturated rings. The lowest BCUT2D eigenvalue weighted by Gasteiger charge is -2.23. The van der Waals surface area contributed by atoms with E-state index in [1.165, 1.54) is 0 Å². The monoisotopic (exact) mass is 249 g/mol. The van der Waals surface area contributed by atoms with Crippen LogP contribution in [-0.4, -0.2) is 41.7 Å². The molecule has 2 aliphatic carbocycles. The van der Waals surface area contributed by atoms with Gasteiger partial charge in [0.25, 0.3) is 0 Å². The van der Waals surface area contributed by atoms with E-state index in [1.807, 2.05) is 0 Å². The van der Waals surface area contributed by atoms with Gasteiger partial charge < -0.3 is 20.5 Å². The Bertz CT molecular complexity index is 398. The number of hydrogen-bond donors (Lipinski definition) is 4. The Hall–Kier alpha value is -0.990. The molecule has 2 aliphatic rings. The van der Waals surface area contributed by atoms with Crippen molar-refractivity contribution < 1.29 is 28.6 Å². The zero-order chi connectivity index (χ0) is 12.2. The molecule has 0 saturated heterocycles. The highest BCUT2D eigenvalue weighted by atomic mass is 32.2. The molecule has 0 radical (unpaired) electrons. The molecule has 0 bridgehead atoms. The van der Waals surface area contributed by atoms with Crippen molar-refractivity contribution >= 4 is 23.0 Å². The van der Waals surface area contributed by atoms with Gasteiger partial charge in [-0.05, 0) is 12.3 Å². The number of nitrogens with two attached hydrogens (primary N) is 1. The Labute approximate surface area is 92.9 Å². The molecule has 7 nitrogen and oxygen atoms in total. The van der Waals surface area contributed by atoms with Gasteiger partial charge in [0, 0.05) is 5.92 Å². The highest BCUT2D eigenvalue weighted by molar-refractivity contribution is 7.79. The van der Waals surface area contributed by atoms with Crippen LogP contribution in [0.25, 0.3) is 0 Å². The lowest BCUT2D eigenvalue weighted by Crippen LogP contribution is -2.50. The maximum Gasteiger partial charge on any atom is 0.324 e. The number of hydrogen-bond acceptors (Lipinski definition) is 4. The normalized spacial score (nSPS) is 47.1. The molecule has 6 atom stereocenters. The fraction of sp³-hybridized carbons (Fsp3) is 0.750. The van der Waals surface area contributed by atoms with E-state index < -0.39 is 51.6 Å². The molecule has 0 aromatic rings. The Balaban J connectivity index is 2.32. The summed E-state index contributed by atoms with van der Waals surface area (Å²) in [5.41, 5.74) is 3.95. The molecule has 0 aliphatic heterocycles. The van der Waals surface area contributed by atoms with E-state index in [2.05, 4.69) is 0 Å². The fourth-order valence-electron chi connectivity index (χ4n) is 2.82. The van der Waals surface area contributed by atoms with Gasteiger partial charge in [-0.1, -0.05) is 0 Å². The van der Waals surface area contributed by atoms with E-state index in [4.69, 9.17) is 20.5 Å². The Kier molecular flexibility index (Phi) is 2.34. The van der Waals surface area contributed by atoms with Crippen molar-refractivity contribution in [3.63, 3.8) is 0 Å². The summed E-state index contributed by atoms with van der Waals surface area (Å²) < 4.78 is 20.0. The van der Waals surface area contributed by atoms with E-state index in [1.54, 1.807) is 0 Å². The minimum Gasteiger partial charge on any atom is -0.481 e. The molecule has 5 N–H and O–H groups in total. The molecular formula is C8H11NO6S. The van der Waals surface area contributed by atoms with Gasteiger partial charge >= 0.3 is 11.9 Å². The van der Waals surface area contributed by atoms with Gasteiger partial charge in [-0.15, -0.1) is 0 Å². The second-order valence-corrected chi connectivity index (χ2v) is 5.49. The van der Waals surface area contributed by atoms with Crippen molar-refractivity contribution in [2.75, 3.05) is 0 Å². The summed E-state index contributed by atoms with van der Waals surface area (Å²) in [5, 5.41) is 17.0. The summed E-state index contributed by atoms with van der Waals surface area (Å²) in [6.45, 7) is 0. The molecule has 0 heterocycles. The fourth-order valence-corrected chi connectivity index (χ4v) is 3.85. The molecular weight excluding hydrogens is 238 g/mol. The quantitative estimate of drug-likeness (QED) is 0.456. The Morgan fingerprint density at radius 1 is 1.38 bits per heavy atom. The molecule has 0 aromatic heterocycles. The Morgan fingerprint density at radius 2 is 1.94 bits per heavy atom. The summed E-state index contributed by atoms with van der Waals surface area (Å²) in [7, 11) is 0. The second-order valence-electron chi connectivity index (χ2n) is 4.33. The first-order valence-corrected chi connectivity index (χ1v) is 5.82. The Morgan fingerprint density at radius 3 is 2.31 bits per heavy atom. The minimum absolute atomic E-state index is 0.148. The van der Waals surface area contributed by atoms with E-state index in [0.29, 0.717) is 0 Å². The number of carboxylic acids is 2. The van der Waals surface area contributed by atoms with Crippen LogP contribution in [0.2, 0.25) is 0 Å². The summed E-state index contributed by atoms with van der Waals surface area (Å²) in [4.78, 5) is 21.8. The topological polar surface area (TPSA) is 138 Å². The molecule has 16 heavy (non-hydrogen) atoms. The van der Waals surface area contributed by atoms with Gasteiger partial charge in [-0.25, -0.2) is 4.21 Å². The molecule has 2 unspecified atom stereocenters. The van der Waals surface area contributed by atoms with Crippen molar-refractivity contribution in [1.82, 2.24) is 0 Å². The smallest absolute Gasteiger partial charge is 0.324 e. The van der Waals surface area contributed by atoms with Crippen LogP contribution in [-0.2, 0) is 20.7 Å². The van der Waals surface area contributed by atoms with Crippen LogP contribution in [0.5, 0.6) is 0 Å². The highest BCUT2D eigenvalue weighted by Gasteiger charge is 2.75. The van der Waals surface area contributed by atoms with Crippen LogP contribution in [0, 0.1) is 17.8 Å². The van der Waals surface area contributed by atoms with Crippen LogP contribution in [0.3, 0.4) is 0 Å². The van der Waals surface area contributed by atoms with Crippen LogP contribution in [0.15, 0.2) is 0 Å². The maximum atomic E-state index is 11.0. The van der Waals surface area contributed by atoms with Gasteiger partial charge in [-0.3, -0.25) is 9.59 Å². The first-order valence-electron chi connectivity index (χ1n) is 4.65. The number of carboxylic acid groups (broad SMARTS) is 2. The van der Waals surface area contributed by atoms with Gasteiger partial charge in [0.15, 0.2) is 11.1 Å². The van der Waals surface area contributed by atoms with Crippen molar-refractivity contribution in [1.29, 1.82) is 0 Å². The molecule has 2 saturated carbocycles. The van der Waals surface area contributed by atoms with Gasteiger partial charge in [-0.2, -0.15) is 0 Å². The summed E-state index contributed by atoms with van der Waals surface area (Å²) in [6, 6.07) is 0. The summed E-state index contributed by atoms with van der Waals surface area (Å²) in [6.07, 6.45) is -0.148. The van der Waals surface area contributed by atoms with Crippen LogP contribution in [0.1, 0.15) is 6.42 Å². The SMILES string of the molecule is N[C@@]1(C(=O)O)CC(S(=O)O)[C@H]2[C@@H](C(=O)O)[C@@H]21. The van der Waals surface area contributed by atoms with Crippen LogP contribution < -0.4 is 5.73 Å². The largest absolute Gasteiger partial charge is 0.481 e. The molecule has 0 aromatic carbocycles. The van der Waals surface area contributed by atoms with Crippen molar-refractivity contribution in [2.45, 2.75) is 17.2 Å². The van der Waals surface area contributed by atoms with Crippen molar-refractivity contribution in [3.8, 4) is 0 Å². The number of fused-ring (bicyclic) bond motifs is 1. The number of carbonyl (C=O) groups is 2. The minimum atomic E-state index is -2.24. The van der Waals surface area contributed by atoms with Crippen LogP contribution in [0.4, 0.5) is 0 Å². The predicted octanol–water partition coefficient (Wildman–Crippen LogP) is -1.29. The average molecular weight is 249 g/mol. The molecule has 90 valence electrons. The third-order valence-corrected chi connectivity index (χ3v) is 4.58. The second kappa shape index (κ2) is 3.25. The van der Waals surface area contributed by atoms with Gasteiger partial charge in [0.1, 0.15) is 5.54 Å². The molecule has 0 amide bonds. The van der Waals surface area contributed by atoms with E-state index in [-0.39, 0.29) is 6.42 Å². The van der Waals surface area contributed by atoms with Crippen molar-refractivity contribution in [2.24, 2.45) is 23.5 Å². The van der Waals surface area contributed by atoms with E-state index in [9.17, 15) is 13.8 Å². The summed E-state index contributed by atoms with van der Waals surface area (Å²) >= 11 is -2.24. The first kappa shape index (κ1) is 11.5. The number of rotatable bonds is 3. The van der Waals surface area contributed by atoms with Crippen molar-refractivity contribution in [3.05, 3.63) is 0 Å². The third-order valence-electron chi connectivity index (χ3n) is 3.58. The predicted molar refractivity (Wildman–Crippen MR) is 51.8 cm³/mol. The number of aliphatic carboxylic acids is 2. The zero-order valence-corrected chi connectivity index (χ0v) is 8.88. The molecule has 0 spiro atoms. The molecule has 8 heteroatoms. The van der Waals surface area contributed by atoms with E-state index >= 15 is 0 Å². The maximum absolute atomic E-state index is 11.0. The summed E-state index contributed by atoms with van der Waals surface area (Å²) in [5.74, 6) is -4.69. The average Bonchev–Trinajstić information content (AvgIpc) is 2.81. The lowest BCUT2D eigenvalue weighted by atomic mass is 9.91. The first-order chi connectivity index (χ1) is 7.30. The van der Waals surface area contributed by atoms with Gasteiger partial charge in [0.05, 0.1) is 11.2 Å². The standard InChI is InChI=1S/C8H11NO6S/c9-8(7(12)13)1-2(16(14)15)3-4(5(3)8)6(10)11/h2-5H,1,9H2,(H,10,11)(H,12,13)(H,14,15)/t2?,3-,4+,5+,8-/m0/s1. The third kappa shape index (κ3) is 1.30. The highest BCUT2D eigenvalue weighted by Crippen LogP contribution is 2.62. The zero-order valence-electron chi connectivity index (χ0n) is 8.07.